The van der Waals surface area contributed by atoms with E-state index in [0.29, 0.717) is 37.4 Å². The van der Waals surface area contributed by atoms with Gasteiger partial charge in [-0.1, -0.05) is 41.2 Å². The highest BCUT2D eigenvalue weighted by molar-refractivity contribution is 7.17. The van der Waals surface area contributed by atoms with Crippen molar-refractivity contribution in [2.75, 3.05) is 18.5 Å². The minimum atomic E-state index is -0.374. The smallest absolute Gasteiger partial charge is 0.338 e. The second kappa shape index (κ2) is 8.67. The molecule has 2 aromatic heterocycles. The van der Waals surface area contributed by atoms with Crippen molar-refractivity contribution >= 4 is 34.0 Å². The minimum absolute atomic E-state index is 0.177. The Labute approximate surface area is 194 Å². The predicted octanol–water partition coefficient (Wildman–Crippen LogP) is 4.53. The quantitative estimate of drug-likeness (QED) is 0.451. The molecule has 1 aliphatic heterocycles. The van der Waals surface area contributed by atoms with Gasteiger partial charge in [-0.25, -0.2) is 14.1 Å². The molecule has 2 aromatic carbocycles. The fourth-order valence-electron chi connectivity index (χ4n) is 3.79. The van der Waals surface area contributed by atoms with Crippen molar-refractivity contribution in [3.63, 3.8) is 0 Å². The van der Waals surface area contributed by atoms with Crippen LogP contribution in [0.15, 0.2) is 48.5 Å². The maximum Gasteiger partial charge on any atom is 0.338 e. The number of nitrogens with one attached hydrogen (secondary N) is 1. The van der Waals surface area contributed by atoms with Crippen LogP contribution in [-0.2, 0) is 17.7 Å². The Morgan fingerprint density at radius 2 is 1.88 bits per heavy atom. The number of amides is 2. The van der Waals surface area contributed by atoms with Crippen LogP contribution in [0.25, 0.3) is 16.3 Å². The number of ether oxygens (including phenoxy) is 1. The number of hydrogen-bond acceptors (Lipinski definition) is 6. The van der Waals surface area contributed by atoms with E-state index >= 15 is 0 Å². The fourth-order valence-corrected chi connectivity index (χ4v) is 4.91. The summed E-state index contributed by atoms with van der Waals surface area (Å²) in [4.78, 5) is 33.0. The number of aryl methyl sites for hydroxylation is 1. The van der Waals surface area contributed by atoms with E-state index in [1.807, 2.05) is 16.6 Å². The molecule has 0 bridgehead atoms. The van der Waals surface area contributed by atoms with Crippen LogP contribution in [0.4, 0.5) is 10.5 Å². The molecule has 1 N–H and O–H groups in total. The van der Waals surface area contributed by atoms with Gasteiger partial charge < -0.3 is 15.0 Å². The summed E-state index contributed by atoms with van der Waals surface area (Å²) in [5.41, 5.74) is 4.39. The minimum Gasteiger partial charge on any atom is -0.462 e. The molecule has 3 heterocycles. The molecule has 0 aliphatic carbocycles. The summed E-state index contributed by atoms with van der Waals surface area (Å²) >= 11 is 1.57. The molecule has 9 heteroatoms. The van der Waals surface area contributed by atoms with E-state index in [0.717, 1.165) is 26.9 Å². The van der Waals surface area contributed by atoms with Crippen LogP contribution in [0, 0.1) is 6.92 Å². The Morgan fingerprint density at radius 3 is 2.61 bits per heavy atom. The summed E-state index contributed by atoms with van der Waals surface area (Å²) in [6.45, 7) is 5.24. The number of carbonyl (C=O) groups excluding carboxylic acids is 2. The van der Waals surface area contributed by atoms with Gasteiger partial charge in [0.1, 0.15) is 0 Å². The lowest BCUT2D eigenvalue weighted by Gasteiger charge is -2.26. The molecule has 8 nitrogen and oxygen atoms in total. The first-order valence-electron chi connectivity index (χ1n) is 10.8. The number of benzene rings is 2. The fraction of sp³-hybridized carbons (Fsp3) is 0.250. The van der Waals surface area contributed by atoms with Crippen molar-refractivity contribution in [2.45, 2.75) is 26.8 Å². The van der Waals surface area contributed by atoms with Crippen molar-refractivity contribution < 1.29 is 14.3 Å². The normalized spacial score (nSPS) is 13.1. The molecule has 0 spiro atoms. The van der Waals surface area contributed by atoms with Crippen LogP contribution in [0.2, 0.25) is 0 Å². The number of carbonyl (C=O) groups is 2. The Morgan fingerprint density at radius 1 is 1.12 bits per heavy atom. The van der Waals surface area contributed by atoms with Gasteiger partial charge in [-0.05, 0) is 38.1 Å². The van der Waals surface area contributed by atoms with Gasteiger partial charge in [-0.15, -0.1) is 5.10 Å². The van der Waals surface area contributed by atoms with Gasteiger partial charge in [0.25, 0.3) is 0 Å². The molecule has 0 unspecified atom stereocenters. The molecule has 1 aliphatic rings. The lowest BCUT2D eigenvalue weighted by Crippen LogP contribution is -2.38. The maximum absolute atomic E-state index is 12.8. The van der Waals surface area contributed by atoms with Gasteiger partial charge in [-0.3, -0.25) is 0 Å². The number of rotatable bonds is 4. The number of anilines is 1. The largest absolute Gasteiger partial charge is 0.462 e. The number of urea groups is 1. The van der Waals surface area contributed by atoms with E-state index < -0.39 is 0 Å². The third-order valence-electron chi connectivity index (χ3n) is 5.57. The number of fused-ring (bicyclic) bond motifs is 3. The predicted molar refractivity (Wildman–Crippen MR) is 127 cm³/mol. The van der Waals surface area contributed by atoms with E-state index in [4.69, 9.17) is 14.8 Å². The SMILES string of the molecule is CCOC(=O)c1ccc(NC(=O)N2CCc3c(sc4nc(-c5ccc(C)cc5)nn34)C2)cc1. The van der Waals surface area contributed by atoms with Crippen molar-refractivity contribution in [3.8, 4) is 11.4 Å². The third-order valence-corrected chi connectivity index (χ3v) is 6.62. The number of esters is 1. The first-order valence-corrected chi connectivity index (χ1v) is 11.6. The number of hydrogen-bond donors (Lipinski definition) is 1. The number of aromatic nitrogens is 3. The standard InChI is InChI=1S/C24H23N5O3S/c1-3-32-22(30)17-8-10-18(11-9-17)25-23(31)28-13-12-19-20(14-28)33-24-26-21(27-29(19)24)16-6-4-15(2)5-7-16/h4-11H,3,12-14H2,1-2H3,(H,25,31). The van der Waals surface area contributed by atoms with Crippen molar-refractivity contribution in [3.05, 3.63) is 70.2 Å². The first kappa shape index (κ1) is 21.1. The molecular weight excluding hydrogens is 438 g/mol. The second-order valence-electron chi connectivity index (χ2n) is 7.87. The zero-order valence-corrected chi connectivity index (χ0v) is 19.2. The highest BCUT2D eigenvalue weighted by Gasteiger charge is 2.26. The van der Waals surface area contributed by atoms with E-state index in [2.05, 4.69) is 24.4 Å². The molecule has 0 radical (unpaired) electrons. The molecule has 0 atom stereocenters. The topological polar surface area (TPSA) is 88.8 Å². The maximum atomic E-state index is 12.8. The highest BCUT2D eigenvalue weighted by Crippen LogP contribution is 2.30. The summed E-state index contributed by atoms with van der Waals surface area (Å²) in [6.07, 6.45) is 0.710. The van der Waals surface area contributed by atoms with Crippen LogP contribution in [-0.4, -0.2) is 44.7 Å². The van der Waals surface area contributed by atoms with Gasteiger partial charge in [0.15, 0.2) is 5.82 Å². The highest BCUT2D eigenvalue weighted by atomic mass is 32.1. The van der Waals surface area contributed by atoms with Crippen LogP contribution in [0.3, 0.4) is 0 Å². The molecule has 168 valence electrons. The molecule has 4 aromatic rings. The first-order chi connectivity index (χ1) is 16.0. The lowest BCUT2D eigenvalue weighted by atomic mass is 10.1. The van der Waals surface area contributed by atoms with Gasteiger partial charge in [0, 0.05) is 29.1 Å². The Kier molecular flexibility index (Phi) is 5.55. The van der Waals surface area contributed by atoms with E-state index in [-0.39, 0.29) is 12.0 Å². The van der Waals surface area contributed by atoms with Crippen LogP contribution >= 0.6 is 11.3 Å². The average molecular weight is 462 g/mol. The second-order valence-corrected chi connectivity index (χ2v) is 8.93. The van der Waals surface area contributed by atoms with E-state index in [1.54, 1.807) is 47.4 Å². The molecule has 5 rings (SSSR count). The van der Waals surface area contributed by atoms with Crippen molar-refractivity contribution in [1.29, 1.82) is 0 Å². The summed E-state index contributed by atoms with van der Waals surface area (Å²) in [5.74, 6) is 0.344. The van der Waals surface area contributed by atoms with Gasteiger partial charge in [0.05, 0.1) is 24.4 Å². The molecular formula is C24H23N5O3S. The Balaban J connectivity index is 1.28. The van der Waals surface area contributed by atoms with E-state index in [9.17, 15) is 9.59 Å². The lowest BCUT2D eigenvalue weighted by molar-refractivity contribution is 0.0526. The monoisotopic (exact) mass is 461 g/mol. The van der Waals surface area contributed by atoms with Crippen molar-refractivity contribution in [2.24, 2.45) is 0 Å². The van der Waals surface area contributed by atoms with E-state index in [1.165, 1.54) is 5.56 Å². The number of nitrogens with zero attached hydrogens (tertiary/aromatic N) is 4. The van der Waals surface area contributed by atoms with Crippen LogP contribution in [0.1, 0.15) is 33.4 Å². The Hall–Kier alpha value is -3.72. The Bertz CT molecular complexity index is 1320. The van der Waals surface area contributed by atoms with Crippen LogP contribution in [0.5, 0.6) is 0 Å². The molecule has 0 fully saturated rings. The van der Waals surface area contributed by atoms with Gasteiger partial charge in [-0.2, -0.15) is 4.98 Å². The molecule has 0 saturated carbocycles. The summed E-state index contributed by atoms with van der Waals surface area (Å²) < 4.78 is 6.90. The third kappa shape index (κ3) is 4.19. The van der Waals surface area contributed by atoms with Crippen molar-refractivity contribution in [1.82, 2.24) is 19.5 Å². The zero-order valence-electron chi connectivity index (χ0n) is 18.4. The van der Waals surface area contributed by atoms with Crippen LogP contribution < -0.4 is 5.32 Å². The summed E-state index contributed by atoms with van der Waals surface area (Å²) in [5, 5.41) is 7.62. The van der Waals surface area contributed by atoms with Gasteiger partial charge >= 0.3 is 12.0 Å². The van der Waals surface area contributed by atoms with Gasteiger partial charge in [0.2, 0.25) is 4.96 Å². The molecule has 0 saturated heterocycles. The summed E-state index contributed by atoms with van der Waals surface area (Å²) in [6, 6.07) is 14.7. The molecule has 33 heavy (non-hydrogen) atoms. The summed E-state index contributed by atoms with van der Waals surface area (Å²) in [7, 11) is 0. The zero-order chi connectivity index (χ0) is 22.9. The molecule has 2 amide bonds. The average Bonchev–Trinajstić information content (AvgIpc) is 3.38. The number of thiazole rings is 1.